The Labute approximate surface area is 127 Å². The lowest BCUT2D eigenvalue weighted by Crippen LogP contribution is -2.37. The highest BCUT2D eigenvalue weighted by Crippen LogP contribution is 2.33. The van der Waals surface area contributed by atoms with Crippen molar-refractivity contribution < 1.29 is 9.53 Å². The molecule has 0 aliphatic carbocycles. The second-order valence-electron chi connectivity index (χ2n) is 5.13. The van der Waals surface area contributed by atoms with Gasteiger partial charge in [-0.25, -0.2) is 0 Å². The van der Waals surface area contributed by atoms with Crippen molar-refractivity contribution in [3.05, 3.63) is 27.7 Å². The van der Waals surface area contributed by atoms with Gasteiger partial charge < -0.3 is 10.1 Å². The molecule has 1 atom stereocenters. The van der Waals surface area contributed by atoms with Crippen LogP contribution in [0.25, 0.3) is 0 Å². The lowest BCUT2D eigenvalue weighted by molar-refractivity contribution is -0.127. The van der Waals surface area contributed by atoms with Crippen LogP contribution in [0.2, 0.25) is 0 Å². The molecule has 106 valence electrons. The zero-order valence-corrected chi connectivity index (χ0v) is 13.2. The highest BCUT2D eigenvalue weighted by atomic mass is 79.9. The number of nitrogens with zero attached hydrogens (tertiary/aromatic N) is 1. The van der Waals surface area contributed by atoms with Crippen molar-refractivity contribution >= 4 is 21.8 Å². The van der Waals surface area contributed by atoms with Gasteiger partial charge in [-0.1, -0.05) is 22.9 Å². The van der Waals surface area contributed by atoms with E-state index < -0.39 is 5.41 Å². The Bertz CT molecular complexity index is 580. The van der Waals surface area contributed by atoms with Gasteiger partial charge in [0, 0.05) is 23.0 Å². The van der Waals surface area contributed by atoms with E-state index in [1.807, 2.05) is 19.1 Å². The van der Waals surface area contributed by atoms with Crippen molar-refractivity contribution in [2.75, 3.05) is 6.61 Å². The summed E-state index contributed by atoms with van der Waals surface area (Å²) in [6.45, 7) is 4.54. The Hall–Kier alpha value is -1.54. The first kappa shape index (κ1) is 14.9. The van der Waals surface area contributed by atoms with Crippen molar-refractivity contribution in [3.63, 3.8) is 0 Å². The number of fused-ring (bicyclic) bond motifs is 1. The normalized spacial score (nSPS) is 15.7. The number of benzene rings is 1. The molecule has 1 aromatic carbocycles. The van der Waals surface area contributed by atoms with Crippen LogP contribution >= 0.6 is 15.9 Å². The second-order valence-corrected chi connectivity index (χ2v) is 6.05. The average molecular weight is 337 g/mol. The molecule has 0 spiro atoms. The summed E-state index contributed by atoms with van der Waals surface area (Å²) in [5, 5.41) is 11.9. The molecule has 1 N–H and O–H groups in total. The maximum absolute atomic E-state index is 12.1. The number of ether oxygens (including phenoxy) is 1. The zero-order valence-electron chi connectivity index (χ0n) is 11.6. The number of carbonyl (C=O) groups is 1. The Balaban J connectivity index is 2.13. The summed E-state index contributed by atoms with van der Waals surface area (Å²) < 4.78 is 6.59. The minimum absolute atomic E-state index is 0.241. The minimum atomic E-state index is -0.976. The van der Waals surface area contributed by atoms with Crippen molar-refractivity contribution in [2.24, 2.45) is 5.41 Å². The van der Waals surface area contributed by atoms with Crippen LogP contribution in [0.4, 0.5) is 0 Å². The standard InChI is InChI=1S/C15H17BrN2O2/c1-3-15(2,9-17)14(19)18-8-11-7-12(16)6-10-4-5-20-13(10)11/h6-7H,3-5,8H2,1-2H3,(H,18,19). The van der Waals surface area contributed by atoms with Gasteiger partial charge in [0.2, 0.25) is 5.91 Å². The van der Waals surface area contributed by atoms with Crippen LogP contribution < -0.4 is 10.1 Å². The predicted octanol–water partition coefficient (Wildman–Crippen LogP) is 2.94. The van der Waals surface area contributed by atoms with Crippen LogP contribution in [-0.4, -0.2) is 12.5 Å². The number of carbonyl (C=O) groups excluding carboxylic acids is 1. The van der Waals surface area contributed by atoms with E-state index >= 15 is 0 Å². The number of nitriles is 1. The number of hydrogen-bond acceptors (Lipinski definition) is 3. The number of nitrogens with one attached hydrogen (secondary N) is 1. The van der Waals surface area contributed by atoms with Gasteiger partial charge in [-0.2, -0.15) is 5.26 Å². The molecule has 1 aliphatic heterocycles. The molecule has 0 radical (unpaired) electrons. The van der Waals surface area contributed by atoms with E-state index in [0.717, 1.165) is 27.8 Å². The van der Waals surface area contributed by atoms with E-state index in [1.165, 1.54) is 0 Å². The predicted molar refractivity (Wildman–Crippen MR) is 79.2 cm³/mol. The van der Waals surface area contributed by atoms with E-state index in [1.54, 1.807) is 6.92 Å². The largest absolute Gasteiger partial charge is 0.493 e. The molecular formula is C15H17BrN2O2. The molecule has 20 heavy (non-hydrogen) atoms. The SMILES string of the molecule is CCC(C)(C#N)C(=O)NCc1cc(Br)cc2c1OCC2. The molecule has 1 unspecified atom stereocenters. The Morgan fingerprint density at radius 2 is 2.35 bits per heavy atom. The van der Waals surface area contributed by atoms with E-state index in [4.69, 9.17) is 10.00 Å². The summed E-state index contributed by atoms with van der Waals surface area (Å²) in [5.74, 6) is 0.623. The molecule has 1 aliphatic rings. The lowest BCUT2D eigenvalue weighted by atomic mass is 9.88. The van der Waals surface area contributed by atoms with Gasteiger partial charge in [0.15, 0.2) is 0 Å². The zero-order chi connectivity index (χ0) is 14.8. The summed E-state index contributed by atoms with van der Waals surface area (Å²) in [6, 6.07) is 6.06. The Morgan fingerprint density at radius 1 is 1.60 bits per heavy atom. The van der Waals surface area contributed by atoms with Crippen LogP contribution in [0.5, 0.6) is 5.75 Å². The molecule has 0 saturated carbocycles. The van der Waals surface area contributed by atoms with Crippen LogP contribution in [0.3, 0.4) is 0 Å². The molecule has 1 amide bonds. The minimum Gasteiger partial charge on any atom is -0.493 e. The third kappa shape index (κ3) is 2.80. The highest BCUT2D eigenvalue weighted by Gasteiger charge is 2.31. The number of hydrogen-bond donors (Lipinski definition) is 1. The van der Waals surface area contributed by atoms with Gasteiger partial charge in [0.05, 0.1) is 12.7 Å². The Morgan fingerprint density at radius 3 is 3.00 bits per heavy atom. The number of amides is 1. The maximum Gasteiger partial charge on any atom is 0.240 e. The van der Waals surface area contributed by atoms with Gasteiger partial charge in [-0.05, 0) is 31.0 Å². The van der Waals surface area contributed by atoms with Gasteiger partial charge in [-0.3, -0.25) is 4.79 Å². The fourth-order valence-corrected chi connectivity index (χ4v) is 2.69. The van der Waals surface area contributed by atoms with Crippen molar-refractivity contribution in [3.8, 4) is 11.8 Å². The molecule has 0 saturated heterocycles. The third-order valence-electron chi connectivity index (χ3n) is 3.72. The Kier molecular flexibility index (Phi) is 4.34. The topological polar surface area (TPSA) is 62.1 Å². The van der Waals surface area contributed by atoms with E-state index in [2.05, 4.69) is 27.3 Å². The molecular weight excluding hydrogens is 320 g/mol. The first-order chi connectivity index (χ1) is 9.50. The highest BCUT2D eigenvalue weighted by molar-refractivity contribution is 9.10. The van der Waals surface area contributed by atoms with Crippen LogP contribution in [0.1, 0.15) is 31.4 Å². The molecule has 2 rings (SSSR count). The maximum atomic E-state index is 12.1. The monoisotopic (exact) mass is 336 g/mol. The first-order valence-corrected chi connectivity index (χ1v) is 7.43. The average Bonchev–Trinajstić information content (AvgIpc) is 2.91. The van der Waals surface area contributed by atoms with Crippen molar-refractivity contribution in [1.82, 2.24) is 5.32 Å². The van der Waals surface area contributed by atoms with Gasteiger partial charge in [-0.15, -0.1) is 0 Å². The quantitative estimate of drug-likeness (QED) is 0.919. The summed E-state index contributed by atoms with van der Waals surface area (Å²) in [4.78, 5) is 12.1. The van der Waals surface area contributed by atoms with Crippen molar-refractivity contribution in [2.45, 2.75) is 33.2 Å². The van der Waals surface area contributed by atoms with Crippen LogP contribution in [0, 0.1) is 16.7 Å². The van der Waals surface area contributed by atoms with Gasteiger partial charge in [0.1, 0.15) is 11.2 Å². The summed E-state index contributed by atoms with van der Waals surface area (Å²) in [7, 11) is 0. The van der Waals surface area contributed by atoms with Crippen LogP contribution in [0.15, 0.2) is 16.6 Å². The molecule has 4 nitrogen and oxygen atoms in total. The fourth-order valence-electron chi connectivity index (χ4n) is 2.14. The van der Waals surface area contributed by atoms with E-state index in [-0.39, 0.29) is 5.91 Å². The molecule has 0 aromatic heterocycles. The lowest BCUT2D eigenvalue weighted by Gasteiger charge is -2.19. The number of rotatable bonds is 4. The molecule has 0 bridgehead atoms. The summed E-state index contributed by atoms with van der Waals surface area (Å²) >= 11 is 3.47. The van der Waals surface area contributed by atoms with E-state index in [9.17, 15) is 4.79 Å². The van der Waals surface area contributed by atoms with Crippen LogP contribution in [-0.2, 0) is 17.8 Å². The fraction of sp³-hybridized carbons (Fsp3) is 0.467. The molecule has 0 fully saturated rings. The van der Waals surface area contributed by atoms with E-state index in [0.29, 0.717) is 19.6 Å². The second kappa shape index (κ2) is 5.84. The molecule has 1 aromatic rings. The summed E-state index contributed by atoms with van der Waals surface area (Å²) in [6.07, 6.45) is 1.38. The van der Waals surface area contributed by atoms with Crippen molar-refractivity contribution in [1.29, 1.82) is 5.26 Å². The first-order valence-electron chi connectivity index (χ1n) is 6.64. The molecule has 1 heterocycles. The van der Waals surface area contributed by atoms with Gasteiger partial charge in [0.25, 0.3) is 0 Å². The molecule has 5 heteroatoms. The number of halogens is 1. The smallest absolute Gasteiger partial charge is 0.240 e. The van der Waals surface area contributed by atoms with Gasteiger partial charge >= 0.3 is 0 Å². The summed E-state index contributed by atoms with van der Waals surface area (Å²) in [5.41, 5.74) is 1.12. The third-order valence-corrected chi connectivity index (χ3v) is 4.18.